The van der Waals surface area contributed by atoms with Crippen LogP contribution in [0.3, 0.4) is 0 Å². The third-order valence-corrected chi connectivity index (χ3v) is 3.51. The number of hydrogen-bond donors (Lipinski definition) is 1. The first-order valence-corrected chi connectivity index (χ1v) is 6.08. The van der Waals surface area contributed by atoms with Gasteiger partial charge >= 0.3 is 5.97 Å². The fourth-order valence-electron chi connectivity index (χ4n) is 1.73. The fraction of sp³-hybridized carbons (Fsp3) is 0.0833. The van der Waals surface area contributed by atoms with E-state index >= 15 is 0 Å². The van der Waals surface area contributed by atoms with Crippen LogP contribution >= 0.6 is 11.3 Å². The van der Waals surface area contributed by atoms with Gasteiger partial charge in [0.25, 0.3) is 0 Å². The molecule has 5 nitrogen and oxygen atoms in total. The van der Waals surface area contributed by atoms with Gasteiger partial charge in [-0.05, 0) is 19.1 Å². The van der Waals surface area contributed by atoms with Crippen LogP contribution in [0, 0.1) is 6.92 Å². The van der Waals surface area contributed by atoms with Crippen LogP contribution in [0.1, 0.15) is 16.1 Å². The molecule has 0 spiro atoms. The van der Waals surface area contributed by atoms with Gasteiger partial charge in [-0.3, -0.25) is 0 Å². The monoisotopic (exact) mass is 260 g/mol. The van der Waals surface area contributed by atoms with Crippen molar-refractivity contribution >= 4 is 28.4 Å². The van der Waals surface area contributed by atoms with Crippen molar-refractivity contribution in [3.63, 3.8) is 0 Å². The molecule has 0 radical (unpaired) electrons. The van der Waals surface area contributed by atoms with E-state index in [9.17, 15) is 4.79 Å². The zero-order chi connectivity index (χ0) is 12.7. The molecule has 18 heavy (non-hydrogen) atoms. The maximum absolute atomic E-state index is 11.1. The summed E-state index contributed by atoms with van der Waals surface area (Å²) in [7, 11) is 0. The largest absolute Gasteiger partial charge is 0.478 e. The Labute approximate surface area is 106 Å². The quantitative estimate of drug-likeness (QED) is 0.766. The van der Waals surface area contributed by atoms with Gasteiger partial charge in [-0.1, -0.05) is 6.07 Å². The Morgan fingerprint density at radius 1 is 1.44 bits per heavy atom. The van der Waals surface area contributed by atoms with Gasteiger partial charge in [-0.2, -0.15) is 0 Å². The van der Waals surface area contributed by atoms with E-state index in [-0.39, 0.29) is 5.56 Å². The van der Waals surface area contributed by atoms with Crippen LogP contribution in [-0.2, 0) is 0 Å². The highest BCUT2D eigenvalue weighted by atomic mass is 32.1. The minimum atomic E-state index is -1.01. The number of carboxylic acids is 1. The predicted octanol–water partition coefficient (Wildman–Crippen LogP) is 2.96. The van der Waals surface area contributed by atoms with Crippen LogP contribution in [-0.4, -0.2) is 21.0 Å². The fourth-order valence-corrected chi connectivity index (χ4v) is 2.45. The number of rotatable bonds is 2. The van der Waals surface area contributed by atoms with E-state index in [2.05, 4.69) is 9.97 Å². The van der Waals surface area contributed by atoms with Crippen LogP contribution < -0.4 is 0 Å². The number of thiazole rings is 1. The predicted molar refractivity (Wildman–Crippen MR) is 66.8 cm³/mol. The van der Waals surface area contributed by atoms with Gasteiger partial charge in [0.1, 0.15) is 10.4 Å². The molecule has 0 saturated heterocycles. The van der Waals surface area contributed by atoms with Crippen molar-refractivity contribution in [2.45, 2.75) is 6.92 Å². The molecule has 0 unspecified atom stereocenters. The Morgan fingerprint density at radius 2 is 2.28 bits per heavy atom. The van der Waals surface area contributed by atoms with Crippen molar-refractivity contribution in [1.82, 2.24) is 9.97 Å². The number of para-hydroxylation sites is 1. The number of hydrogen-bond acceptors (Lipinski definition) is 5. The first-order valence-electron chi connectivity index (χ1n) is 5.20. The van der Waals surface area contributed by atoms with Crippen LogP contribution in [0.2, 0.25) is 0 Å². The van der Waals surface area contributed by atoms with Gasteiger partial charge in [0.2, 0.25) is 5.89 Å². The summed E-state index contributed by atoms with van der Waals surface area (Å²) in [5.41, 5.74) is 3.51. The van der Waals surface area contributed by atoms with Crippen molar-refractivity contribution in [2.75, 3.05) is 0 Å². The summed E-state index contributed by atoms with van der Waals surface area (Å²) >= 11 is 1.42. The number of benzene rings is 1. The van der Waals surface area contributed by atoms with E-state index in [1.165, 1.54) is 17.4 Å². The number of aryl methyl sites for hydroxylation is 1. The zero-order valence-corrected chi connectivity index (χ0v) is 10.2. The summed E-state index contributed by atoms with van der Waals surface area (Å²) in [5.74, 6) is -0.597. The minimum absolute atomic E-state index is 0.143. The molecule has 6 heteroatoms. The molecule has 2 heterocycles. The molecule has 1 N–H and O–H groups in total. The molecular formula is C12H8N2O3S. The third-order valence-electron chi connectivity index (χ3n) is 2.59. The van der Waals surface area contributed by atoms with Gasteiger partial charge in [-0.15, -0.1) is 11.3 Å². The summed E-state index contributed by atoms with van der Waals surface area (Å²) in [6.45, 7) is 1.86. The number of carbonyl (C=O) groups is 1. The molecule has 0 aliphatic heterocycles. The summed E-state index contributed by atoms with van der Waals surface area (Å²) in [6, 6.07) is 4.85. The van der Waals surface area contributed by atoms with E-state index in [0.717, 1.165) is 10.6 Å². The summed E-state index contributed by atoms with van der Waals surface area (Å²) < 4.78 is 5.58. The lowest BCUT2D eigenvalue weighted by atomic mass is 10.2. The number of aromatic nitrogens is 2. The van der Waals surface area contributed by atoms with E-state index in [4.69, 9.17) is 9.52 Å². The Balaban J connectivity index is 2.26. The standard InChI is InChI=1S/C12H8N2O3S/c1-6-10(18-5-13-6)11-14-9-7(12(15)16)3-2-4-8(9)17-11/h2-5H,1H3,(H,15,16). The molecule has 3 aromatic rings. The lowest BCUT2D eigenvalue weighted by molar-refractivity contribution is 0.0699. The van der Waals surface area contributed by atoms with Gasteiger partial charge in [0, 0.05) is 0 Å². The number of carboxylic acid groups (broad SMARTS) is 1. The average Bonchev–Trinajstić information content (AvgIpc) is 2.92. The Bertz CT molecular complexity index is 745. The first-order chi connectivity index (χ1) is 8.66. The highest BCUT2D eigenvalue weighted by Gasteiger charge is 2.17. The van der Waals surface area contributed by atoms with Crippen LogP contribution in [0.5, 0.6) is 0 Å². The average molecular weight is 260 g/mol. The van der Waals surface area contributed by atoms with Crippen molar-refractivity contribution in [3.05, 3.63) is 35.0 Å². The molecule has 0 amide bonds. The maximum Gasteiger partial charge on any atom is 0.338 e. The van der Waals surface area contributed by atoms with E-state index in [1.807, 2.05) is 6.92 Å². The molecule has 0 saturated carbocycles. The summed E-state index contributed by atoms with van der Waals surface area (Å²) in [5, 5.41) is 9.09. The van der Waals surface area contributed by atoms with Crippen LogP contribution in [0.4, 0.5) is 0 Å². The molecule has 0 aliphatic rings. The van der Waals surface area contributed by atoms with Gasteiger partial charge in [0.15, 0.2) is 5.58 Å². The normalized spacial score (nSPS) is 10.9. The molecule has 0 fully saturated rings. The van der Waals surface area contributed by atoms with Crippen LogP contribution in [0.15, 0.2) is 28.1 Å². The topological polar surface area (TPSA) is 76.2 Å². The minimum Gasteiger partial charge on any atom is -0.478 e. The molecule has 1 aromatic carbocycles. The number of aromatic carboxylic acids is 1. The lowest BCUT2D eigenvalue weighted by Crippen LogP contribution is -1.96. The van der Waals surface area contributed by atoms with Gasteiger partial charge in [-0.25, -0.2) is 14.8 Å². The van der Waals surface area contributed by atoms with Crippen molar-refractivity contribution in [1.29, 1.82) is 0 Å². The number of fused-ring (bicyclic) bond motifs is 1. The summed E-state index contributed by atoms with van der Waals surface area (Å²) in [6.07, 6.45) is 0. The molecule has 0 bridgehead atoms. The highest BCUT2D eigenvalue weighted by molar-refractivity contribution is 7.13. The number of oxazole rings is 1. The highest BCUT2D eigenvalue weighted by Crippen LogP contribution is 2.30. The molecule has 2 aromatic heterocycles. The van der Waals surface area contributed by atoms with E-state index < -0.39 is 5.97 Å². The first kappa shape index (κ1) is 10.9. The molecule has 0 atom stereocenters. The Hall–Kier alpha value is -2.21. The Morgan fingerprint density at radius 3 is 2.94 bits per heavy atom. The molecular weight excluding hydrogens is 252 g/mol. The second-order valence-corrected chi connectivity index (χ2v) is 4.60. The lowest BCUT2D eigenvalue weighted by Gasteiger charge is -1.92. The molecule has 90 valence electrons. The number of nitrogens with zero attached hydrogens (tertiary/aromatic N) is 2. The van der Waals surface area contributed by atoms with Crippen molar-refractivity contribution in [3.8, 4) is 10.8 Å². The second kappa shape index (κ2) is 3.92. The smallest absolute Gasteiger partial charge is 0.338 e. The maximum atomic E-state index is 11.1. The van der Waals surface area contributed by atoms with Gasteiger partial charge < -0.3 is 9.52 Å². The van der Waals surface area contributed by atoms with Crippen LogP contribution in [0.25, 0.3) is 21.9 Å². The van der Waals surface area contributed by atoms with E-state index in [0.29, 0.717) is 17.0 Å². The second-order valence-electron chi connectivity index (χ2n) is 3.74. The van der Waals surface area contributed by atoms with Crippen molar-refractivity contribution < 1.29 is 14.3 Å². The van der Waals surface area contributed by atoms with Gasteiger partial charge in [0.05, 0.1) is 16.8 Å². The molecule has 3 rings (SSSR count). The summed E-state index contributed by atoms with van der Waals surface area (Å²) in [4.78, 5) is 20.3. The zero-order valence-electron chi connectivity index (χ0n) is 9.38. The third kappa shape index (κ3) is 1.58. The van der Waals surface area contributed by atoms with E-state index in [1.54, 1.807) is 17.6 Å². The molecule has 0 aliphatic carbocycles. The Kier molecular flexibility index (Phi) is 2.38. The SMILES string of the molecule is Cc1ncsc1-c1nc2c(C(=O)O)cccc2o1. The van der Waals surface area contributed by atoms with Crippen molar-refractivity contribution in [2.24, 2.45) is 0 Å².